The molecule has 0 bridgehead atoms. The zero-order valence-electron chi connectivity index (χ0n) is 13.6. The molecule has 1 aromatic carbocycles. The van der Waals surface area contributed by atoms with Gasteiger partial charge in [-0.3, -0.25) is 9.59 Å². The van der Waals surface area contributed by atoms with Crippen molar-refractivity contribution in [2.45, 2.75) is 50.2 Å². The van der Waals surface area contributed by atoms with Crippen LogP contribution in [0, 0.1) is 11.8 Å². The van der Waals surface area contributed by atoms with Crippen LogP contribution in [0.15, 0.2) is 24.3 Å². The summed E-state index contributed by atoms with van der Waals surface area (Å²) in [5.41, 5.74) is -0.484. The normalized spacial score (nSPS) is 29.1. The van der Waals surface area contributed by atoms with E-state index in [2.05, 4.69) is 5.32 Å². The number of benzene rings is 1. The number of amides is 1. The first-order valence-corrected chi connectivity index (χ1v) is 8.46. The van der Waals surface area contributed by atoms with E-state index in [1.807, 2.05) is 0 Å². The molecule has 25 heavy (non-hydrogen) atoms. The maximum Gasteiger partial charge on any atom is 0.416 e. The molecular weight excluding hydrogens is 335 g/mol. The van der Waals surface area contributed by atoms with Gasteiger partial charge in [-0.25, -0.2) is 0 Å². The molecule has 4 nitrogen and oxygen atoms in total. The Bertz CT molecular complexity index is 666. The Labute approximate surface area is 143 Å². The van der Waals surface area contributed by atoms with Crippen molar-refractivity contribution < 1.29 is 27.9 Å². The number of carboxylic acids is 1. The van der Waals surface area contributed by atoms with E-state index in [-0.39, 0.29) is 23.4 Å². The van der Waals surface area contributed by atoms with Gasteiger partial charge in [0.1, 0.15) is 0 Å². The smallest absolute Gasteiger partial charge is 0.416 e. The molecule has 0 spiro atoms. The minimum absolute atomic E-state index is 0.0813. The predicted molar refractivity (Wildman–Crippen MR) is 83.8 cm³/mol. The highest BCUT2D eigenvalue weighted by molar-refractivity contribution is 5.83. The van der Waals surface area contributed by atoms with Gasteiger partial charge in [0, 0.05) is 12.0 Å². The van der Waals surface area contributed by atoms with Gasteiger partial charge in [-0.05, 0) is 49.7 Å². The van der Waals surface area contributed by atoms with Crippen LogP contribution in [-0.4, -0.2) is 23.0 Å². The first-order valence-electron chi connectivity index (χ1n) is 8.46. The van der Waals surface area contributed by atoms with Crippen molar-refractivity contribution >= 4 is 11.9 Å². The standard InChI is InChI=1S/C18H20F3NO3/c19-18(20,21)15-4-2-1-3-12(15)13-9-14(13)16(23)22-11-7-5-10(6-8-11)17(24)25/h1-4,10-11,13-14H,5-9H2,(H,22,23)(H,24,25)/t10?,11?,13-,14+/m1/s1. The quantitative estimate of drug-likeness (QED) is 0.868. The molecule has 0 saturated heterocycles. The molecule has 2 fully saturated rings. The van der Waals surface area contributed by atoms with Gasteiger partial charge in [0.05, 0.1) is 11.5 Å². The molecule has 0 aromatic heterocycles. The van der Waals surface area contributed by atoms with Crippen molar-refractivity contribution in [2.75, 3.05) is 0 Å². The molecule has 1 aromatic rings. The second-order valence-corrected chi connectivity index (χ2v) is 6.93. The predicted octanol–water partition coefficient (Wildman–Crippen LogP) is 3.57. The van der Waals surface area contributed by atoms with Gasteiger partial charge in [-0.1, -0.05) is 18.2 Å². The van der Waals surface area contributed by atoms with E-state index in [1.54, 1.807) is 6.07 Å². The highest BCUT2D eigenvalue weighted by Crippen LogP contribution is 2.51. The van der Waals surface area contributed by atoms with Gasteiger partial charge in [-0.2, -0.15) is 13.2 Å². The summed E-state index contributed by atoms with van der Waals surface area (Å²) in [5.74, 6) is -2.22. The van der Waals surface area contributed by atoms with Gasteiger partial charge >= 0.3 is 12.1 Å². The molecular formula is C18H20F3NO3. The lowest BCUT2D eigenvalue weighted by Gasteiger charge is -2.27. The Morgan fingerprint density at radius 2 is 1.72 bits per heavy atom. The van der Waals surface area contributed by atoms with Crippen molar-refractivity contribution in [1.82, 2.24) is 5.32 Å². The van der Waals surface area contributed by atoms with Gasteiger partial charge in [0.2, 0.25) is 5.91 Å². The van der Waals surface area contributed by atoms with E-state index < -0.39 is 29.5 Å². The van der Waals surface area contributed by atoms with E-state index in [0.717, 1.165) is 6.07 Å². The topological polar surface area (TPSA) is 66.4 Å². The lowest BCUT2D eigenvalue weighted by Crippen LogP contribution is -2.39. The lowest BCUT2D eigenvalue weighted by molar-refractivity contribution is -0.143. The summed E-state index contributed by atoms with van der Waals surface area (Å²) < 4.78 is 39.3. The van der Waals surface area contributed by atoms with Crippen LogP contribution in [0.25, 0.3) is 0 Å². The third-order valence-corrected chi connectivity index (χ3v) is 5.22. The molecule has 3 rings (SSSR count). The summed E-state index contributed by atoms with van der Waals surface area (Å²) in [6.45, 7) is 0. The first-order chi connectivity index (χ1) is 11.8. The fourth-order valence-corrected chi connectivity index (χ4v) is 3.70. The van der Waals surface area contributed by atoms with Crippen LogP contribution in [0.4, 0.5) is 13.2 Å². The van der Waals surface area contributed by atoms with E-state index in [1.165, 1.54) is 12.1 Å². The van der Waals surface area contributed by atoms with Crippen LogP contribution in [0.5, 0.6) is 0 Å². The number of rotatable bonds is 4. The Morgan fingerprint density at radius 3 is 2.32 bits per heavy atom. The Morgan fingerprint density at radius 1 is 1.08 bits per heavy atom. The fourth-order valence-electron chi connectivity index (χ4n) is 3.70. The van der Waals surface area contributed by atoms with Crippen molar-refractivity contribution in [2.24, 2.45) is 11.8 Å². The van der Waals surface area contributed by atoms with Crippen LogP contribution in [-0.2, 0) is 15.8 Å². The van der Waals surface area contributed by atoms with E-state index >= 15 is 0 Å². The molecule has 0 aliphatic heterocycles. The van der Waals surface area contributed by atoms with Crippen LogP contribution >= 0.6 is 0 Å². The van der Waals surface area contributed by atoms with Crippen LogP contribution in [0.3, 0.4) is 0 Å². The van der Waals surface area contributed by atoms with Crippen LogP contribution in [0.2, 0.25) is 0 Å². The molecule has 2 atom stereocenters. The maximum atomic E-state index is 13.1. The van der Waals surface area contributed by atoms with Crippen molar-refractivity contribution in [3.63, 3.8) is 0 Å². The Kier molecular flexibility index (Phi) is 4.75. The summed E-state index contributed by atoms with van der Waals surface area (Å²) in [7, 11) is 0. The second-order valence-electron chi connectivity index (χ2n) is 6.93. The summed E-state index contributed by atoms with van der Waals surface area (Å²) in [6, 6.07) is 5.33. The minimum atomic E-state index is -4.42. The Balaban J connectivity index is 1.58. The summed E-state index contributed by atoms with van der Waals surface area (Å²) in [5, 5.41) is 11.9. The third-order valence-electron chi connectivity index (χ3n) is 5.22. The van der Waals surface area contributed by atoms with Crippen LogP contribution < -0.4 is 5.32 Å². The average molecular weight is 355 g/mol. The summed E-state index contributed by atoms with van der Waals surface area (Å²) in [4.78, 5) is 23.3. The Hall–Kier alpha value is -2.05. The number of carbonyl (C=O) groups is 2. The van der Waals surface area contributed by atoms with Gasteiger partial charge in [-0.15, -0.1) is 0 Å². The number of halogens is 3. The van der Waals surface area contributed by atoms with E-state index in [0.29, 0.717) is 32.1 Å². The van der Waals surface area contributed by atoms with Gasteiger partial charge in [0.15, 0.2) is 0 Å². The van der Waals surface area contributed by atoms with Gasteiger partial charge in [0.25, 0.3) is 0 Å². The number of alkyl halides is 3. The lowest BCUT2D eigenvalue weighted by atomic mass is 9.86. The molecule has 2 N–H and O–H groups in total. The summed E-state index contributed by atoms with van der Waals surface area (Å²) >= 11 is 0. The van der Waals surface area contributed by atoms with Crippen molar-refractivity contribution in [1.29, 1.82) is 0 Å². The molecule has 0 unspecified atom stereocenters. The van der Waals surface area contributed by atoms with E-state index in [9.17, 15) is 22.8 Å². The van der Waals surface area contributed by atoms with Crippen molar-refractivity contribution in [3.8, 4) is 0 Å². The fraction of sp³-hybridized carbons (Fsp3) is 0.556. The highest BCUT2D eigenvalue weighted by atomic mass is 19.4. The zero-order chi connectivity index (χ0) is 18.2. The largest absolute Gasteiger partial charge is 0.481 e. The monoisotopic (exact) mass is 355 g/mol. The van der Waals surface area contributed by atoms with Crippen LogP contribution in [0.1, 0.15) is 49.1 Å². The van der Waals surface area contributed by atoms with Gasteiger partial charge < -0.3 is 10.4 Å². The number of carbonyl (C=O) groups excluding carboxylic acids is 1. The molecule has 0 heterocycles. The zero-order valence-corrected chi connectivity index (χ0v) is 13.6. The second kappa shape index (κ2) is 6.69. The molecule has 0 radical (unpaired) electrons. The minimum Gasteiger partial charge on any atom is -0.481 e. The number of hydrogen-bond donors (Lipinski definition) is 2. The molecule has 2 saturated carbocycles. The maximum absolute atomic E-state index is 13.1. The molecule has 136 valence electrons. The molecule has 2 aliphatic rings. The number of aliphatic carboxylic acids is 1. The summed E-state index contributed by atoms with van der Waals surface area (Å²) in [6.07, 6.45) is -1.77. The van der Waals surface area contributed by atoms with E-state index in [4.69, 9.17) is 5.11 Å². The average Bonchev–Trinajstić information content (AvgIpc) is 3.35. The first kappa shape index (κ1) is 17.8. The molecule has 7 heteroatoms. The molecule has 2 aliphatic carbocycles. The number of carboxylic acid groups (broad SMARTS) is 1. The third kappa shape index (κ3) is 3.96. The van der Waals surface area contributed by atoms with Crippen molar-refractivity contribution in [3.05, 3.63) is 35.4 Å². The number of hydrogen-bond acceptors (Lipinski definition) is 2. The highest BCUT2D eigenvalue weighted by Gasteiger charge is 2.48. The molecule has 1 amide bonds. The SMILES string of the molecule is O=C(O)C1CCC(NC(=O)[C@H]2C[C@@H]2c2ccccc2C(F)(F)F)CC1. The number of nitrogens with one attached hydrogen (secondary N) is 1.